The minimum atomic E-state index is -0.217. The zero-order valence-electron chi connectivity index (χ0n) is 26.7. The van der Waals surface area contributed by atoms with Crippen molar-refractivity contribution < 1.29 is 19.8 Å². The molecular formula is C38H58O4. The van der Waals surface area contributed by atoms with Crippen LogP contribution in [0.2, 0.25) is 0 Å². The van der Waals surface area contributed by atoms with E-state index < -0.39 is 0 Å². The van der Waals surface area contributed by atoms with Crippen molar-refractivity contribution in [3.8, 4) is 0 Å². The molecule has 2 N–H and O–H groups in total. The molecule has 0 radical (unpaired) electrons. The highest BCUT2D eigenvalue weighted by Crippen LogP contribution is 2.75. The highest BCUT2D eigenvalue weighted by atomic mass is 16.3. The Morgan fingerprint density at radius 2 is 1.67 bits per heavy atom. The van der Waals surface area contributed by atoms with Crippen molar-refractivity contribution >= 4 is 11.6 Å². The molecule has 2 bridgehead atoms. The molecule has 9 fully saturated rings. The summed E-state index contributed by atoms with van der Waals surface area (Å²) in [7, 11) is 0. The van der Waals surface area contributed by atoms with Crippen LogP contribution in [0.3, 0.4) is 0 Å². The zero-order chi connectivity index (χ0) is 29.2. The number of hydrogen-bond acceptors (Lipinski definition) is 4. The molecule has 9 saturated carbocycles. The molecule has 0 aromatic heterocycles. The summed E-state index contributed by atoms with van der Waals surface area (Å²) < 4.78 is 0. The topological polar surface area (TPSA) is 74.6 Å². The molecule has 0 aromatic carbocycles. The van der Waals surface area contributed by atoms with Gasteiger partial charge in [0.15, 0.2) is 0 Å². The molecule has 9 rings (SSSR count). The fourth-order valence-electron chi connectivity index (χ4n) is 14.1. The summed E-state index contributed by atoms with van der Waals surface area (Å²) in [4.78, 5) is 26.6. The first-order valence-corrected chi connectivity index (χ1v) is 18.5. The van der Waals surface area contributed by atoms with Crippen LogP contribution in [0.5, 0.6) is 0 Å². The summed E-state index contributed by atoms with van der Waals surface area (Å²) in [6, 6.07) is 0. The Kier molecular flexibility index (Phi) is 6.75. The highest BCUT2D eigenvalue weighted by molar-refractivity contribution is 5.85. The molecule has 0 aliphatic heterocycles. The van der Waals surface area contributed by atoms with Gasteiger partial charge in [-0.2, -0.15) is 0 Å². The molecule has 4 nitrogen and oxygen atoms in total. The van der Waals surface area contributed by atoms with Gasteiger partial charge in [0.05, 0.1) is 12.2 Å². The molecule has 42 heavy (non-hydrogen) atoms. The summed E-state index contributed by atoms with van der Waals surface area (Å²) in [5, 5.41) is 22.0. The van der Waals surface area contributed by atoms with Crippen LogP contribution in [0.15, 0.2) is 0 Å². The van der Waals surface area contributed by atoms with E-state index >= 15 is 0 Å². The Hall–Kier alpha value is -0.740. The Balaban J connectivity index is 0.890. The average Bonchev–Trinajstić information content (AvgIpc) is 3.28. The van der Waals surface area contributed by atoms with E-state index in [2.05, 4.69) is 20.8 Å². The van der Waals surface area contributed by atoms with Crippen molar-refractivity contribution in [3.05, 3.63) is 0 Å². The maximum atomic E-state index is 13.6. The second-order valence-corrected chi connectivity index (χ2v) is 18.2. The molecule has 234 valence electrons. The summed E-state index contributed by atoms with van der Waals surface area (Å²) in [6.45, 7) is 7.48. The van der Waals surface area contributed by atoms with E-state index in [-0.39, 0.29) is 29.0 Å². The summed E-state index contributed by atoms with van der Waals surface area (Å²) in [5.41, 5.74) is 1.11. The average molecular weight is 579 g/mol. The summed E-state index contributed by atoms with van der Waals surface area (Å²) >= 11 is 0. The van der Waals surface area contributed by atoms with Gasteiger partial charge in [0.25, 0.3) is 0 Å². The van der Waals surface area contributed by atoms with Gasteiger partial charge >= 0.3 is 0 Å². The minimum Gasteiger partial charge on any atom is -0.393 e. The highest BCUT2D eigenvalue weighted by Gasteiger charge is 2.69. The van der Waals surface area contributed by atoms with Crippen LogP contribution in [0.4, 0.5) is 0 Å². The van der Waals surface area contributed by atoms with Crippen LogP contribution >= 0.6 is 0 Å². The van der Waals surface area contributed by atoms with Crippen molar-refractivity contribution in [1.82, 2.24) is 0 Å². The number of aliphatic hydroxyl groups excluding tert-OH is 2. The van der Waals surface area contributed by atoms with Crippen molar-refractivity contribution in [2.24, 2.45) is 81.3 Å². The van der Waals surface area contributed by atoms with Crippen molar-refractivity contribution in [2.45, 2.75) is 142 Å². The van der Waals surface area contributed by atoms with Gasteiger partial charge in [0.2, 0.25) is 0 Å². The molecule has 9 aliphatic carbocycles. The summed E-state index contributed by atoms with van der Waals surface area (Å²) in [6.07, 6.45) is 18.1. The lowest BCUT2D eigenvalue weighted by molar-refractivity contribution is -0.174. The maximum Gasteiger partial charge on any atom is 0.136 e. The van der Waals surface area contributed by atoms with Crippen molar-refractivity contribution in [2.75, 3.05) is 0 Å². The number of aliphatic hydroxyl groups is 2. The molecule has 9 aliphatic rings. The SMILES string of the molecule is CC(CCC(=O)C1CCC1C1CC[C@@]23CC(C(=O)C1)C2C3)C1CCC2C3C(O)CC4CC(O)CCC4(C)C3CCC12C. The quantitative estimate of drug-likeness (QED) is 0.345. The van der Waals surface area contributed by atoms with Crippen molar-refractivity contribution in [3.63, 3.8) is 0 Å². The van der Waals surface area contributed by atoms with Crippen LogP contribution in [-0.2, 0) is 9.59 Å². The third-order valence-electron chi connectivity index (χ3n) is 16.9. The van der Waals surface area contributed by atoms with Gasteiger partial charge in [-0.1, -0.05) is 20.8 Å². The lowest BCUT2D eigenvalue weighted by Gasteiger charge is -2.62. The van der Waals surface area contributed by atoms with Crippen LogP contribution < -0.4 is 0 Å². The largest absolute Gasteiger partial charge is 0.393 e. The second-order valence-electron chi connectivity index (χ2n) is 18.2. The van der Waals surface area contributed by atoms with Gasteiger partial charge in [-0.3, -0.25) is 9.59 Å². The normalized spacial score (nSPS) is 56.7. The Bertz CT molecular complexity index is 1120. The van der Waals surface area contributed by atoms with Gasteiger partial charge < -0.3 is 10.2 Å². The maximum absolute atomic E-state index is 13.6. The van der Waals surface area contributed by atoms with E-state index in [1.807, 2.05) is 0 Å². The Labute approximate surface area is 254 Å². The first-order chi connectivity index (χ1) is 20.0. The van der Waals surface area contributed by atoms with Gasteiger partial charge in [0.1, 0.15) is 11.6 Å². The molecule has 16 atom stereocenters. The van der Waals surface area contributed by atoms with Crippen LogP contribution in [0, 0.1) is 81.3 Å². The van der Waals surface area contributed by atoms with E-state index in [0.717, 1.165) is 63.7 Å². The molecule has 1 spiro atoms. The molecule has 0 aromatic rings. The third kappa shape index (κ3) is 4.11. The monoisotopic (exact) mass is 578 g/mol. The van der Waals surface area contributed by atoms with E-state index in [1.54, 1.807) is 0 Å². The number of Topliss-reactive ketones (excluding diaryl/α,β-unsaturated/α-hetero) is 2. The number of ketones is 2. The van der Waals surface area contributed by atoms with Crippen LogP contribution in [0.25, 0.3) is 0 Å². The molecule has 0 amide bonds. The van der Waals surface area contributed by atoms with Crippen LogP contribution in [-0.4, -0.2) is 34.0 Å². The van der Waals surface area contributed by atoms with Gasteiger partial charge in [0, 0.05) is 24.7 Å². The number of carbonyl (C=O) groups is 2. The smallest absolute Gasteiger partial charge is 0.136 e. The Morgan fingerprint density at radius 1 is 0.881 bits per heavy atom. The number of hydrogen-bond donors (Lipinski definition) is 2. The zero-order valence-corrected chi connectivity index (χ0v) is 26.7. The van der Waals surface area contributed by atoms with Gasteiger partial charge in [-0.25, -0.2) is 0 Å². The predicted octanol–water partition coefficient (Wildman–Crippen LogP) is 7.38. The van der Waals surface area contributed by atoms with Gasteiger partial charge in [-0.15, -0.1) is 0 Å². The van der Waals surface area contributed by atoms with Gasteiger partial charge in [-0.05, 0) is 166 Å². The Morgan fingerprint density at radius 3 is 2.43 bits per heavy atom. The van der Waals surface area contributed by atoms with E-state index in [1.165, 1.54) is 51.4 Å². The number of carbonyl (C=O) groups excluding carboxylic acids is 2. The fourth-order valence-corrected chi connectivity index (χ4v) is 14.1. The standard InChI is InChI=1S/C38H58O4/c1-21(4-9-32(40)26-6-5-25(26)22-10-15-38-19-27(31(38)20-38)33(41)16-22)28-7-8-29-35-30(12-14-37(28,29)3)36(2)13-11-24(39)17-23(36)18-34(35)42/h21-31,34-35,39,42H,4-20H2,1-3H3/t21?,22?,23?,24?,25?,26?,27?,28?,29?,30?,31?,34?,35?,36?,37?,38-/m0/s1. The molecule has 0 heterocycles. The molecule has 0 saturated heterocycles. The minimum absolute atomic E-state index is 0.176. The first-order valence-electron chi connectivity index (χ1n) is 18.5. The predicted molar refractivity (Wildman–Crippen MR) is 163 cm³/mol. The fraction of sp³-hybridized carbons (Fsp3) is 0.947. The lowest BCUT2D eigenvalue weighted by Crippen LogP contribution is -2.58. The molecular weight excluding hydrogens is 520 g/mol. The van der Waals surface area contributed by atoms with Crippen molar-refractivity contribution in [1.29, 1.82) is 0 Å². The van der Waals surface area contributed by atoms with E-state index in [9.17, 15) is 19.8 Å². The third-order valence-corrected chi connectivity index (χ3v) is 16.9. The lowest BCUT2D eigenvalue weighted by atomic mass is 9.43. The summed E-state index contributed by atoms with van der Waals surface area (Å²) in [5.74, 6) is 6.61. The van der Waals surface area contributed by atoms with Crippen LogP contribution in [0.1, 0.15) is 130 Å². The second kappa shape index (κ2) is 9.88. The number of rotatable bonds is 6. The van der Waals surface area contributed by atoms with E-state index in [0.29, 0.717) is 70.2 Å². The first kappa shape index (κ1) is 28.7. The molecule has 4 heteroatoms. The van der Waals surface area contributed by atoms with E-state index in [4.69, 9.17) is 0 Å². The number of fused-ring (bicyclic) bond motifs is 9. The molecule has 15 unspecified atom stereocenters.